The number of fused-ring (bicyclic) bond motifs is 1. The van der Waals surface area contributed by atoms with E-state index in [4.69, 9.17) is 4.74 Å². The van der Waals surface area contributed by atoms with Gasteiger partial charge in [0.2, 0.25) is 0 Å². The summed E-state index contributed by atoms with van der Waals surface area (Å²) in [5.74, 6) is -0.730. The number of carbonyl (C=O) groups is 2. The Morgan fingerprint density at radius 2 is 1.92 bits per heavy atom. The standard InChI is InChI=1S/C20H21NO3/c1-2-3-6-14-9-11-16(12-10-14)21-19(22)18-13-15-7-4-5-8-17(15)20(23)24-18/h4-5,7-12,18H,2-3,6,13H2,1H3,(H,21,22). The van der Waals surface area contributed by atoms with E-state index in [1.54, 1.807) is 12.1 Å². The summed E-state index contributed by atoms with van der Waals surface area (Å²) in [5, 5.41) is 2.83. The molecule has 0 saturated heterocycles. The molecule has 0 aromatic heterocycles. The molecule has 3 rings (SSSR count). The highest BCUT2D eigenvalue weighted by Gasteiger charge is 2.30. The van der Waals surface area contributed by atoms with Crippen molar-refractivity contribution in [1.29, 1.82) is 0 Å². The summed E-state index contributed by atoms with van der Waals surface area (Å²) in [6.45, 7) is 2.16. The zero-order chi connectivity index (χ0) is 16.9. The number of aryl methyl sites for hydroxylation is 1. The minimum atomic E-state index is -0.785. The monoisotopic (exact) mass is 323 g/mol. The fraction of sp³-hybridized carbons (Fsp3) is 0.300. The molecule has 1 N–H and O–H groups in total. The van der Waals surface area contributed by atoms with Crippen LogP contribution in [0.1, 0.15) is 41.3 Å². The number of carbonyl (C=O) groups excluding carboxylic acids is 2. The van der Waals surface area contributed by atoms with Crippen molar-refractivity contribution in [3.8, 4) is 0 Å². The maximum Gasteiger partial charge on any atom is 0.339 e. The topological polar surface area (TPSA) is 55.4 Å². The van der Waals surface area contributed by atoms with Gasteiger partial charge in [-0.3, -0.25) is 4.79 Å². The number of rotatable bonds is 5. The molecule has 2 aromatic carbocycles. The van der Waals surface area contributed by atoms with Crippen molar-refractivity contribution in [1.82, 2.24) is 0 Å². The Balaban J connectivity index is 1.64. The Kier molecular flexibility index (Phi) is 4.94. The molecule has 0 spiro atoms. The molecule has 124 valence electrons. The van der Waals surface area contributed by atoms with Gasteiger partial charge in [0.05, 0.1) is 5.56 Å². The van der Waals surface area contributed by atoms with E-state index in [-0.39, 0.29) is 5.91 Å². The third-order valence-corrected chi connectivity index (χ3v) is 4.22. The Labute approximate surface area is 141 Å². The van der Waals surface area contributed by atoms with Crippen LogP contribution in [0.2, 0.25) is 0 Å². The number of unbranched alkanes of at least 4 members (excludes halogenated alkanes) is 1. The average Bonchev–Trinajstić information content (AvgIpc) is 2.61. The molecule has 0 bridgehead atoms. The van der Waals surface area contributed by atoms with Crippen LogP contribution in [0.25, 0.3) is 0 Å². The van der Waals surface area contributed by atoms with Crippen LogP contribution in [0.5, 0.6) is 0 Å². The number of nitrogens with one attached hydrogen (secondary N) is 1. The van der Waals surface area contributed by atoms with Crippen LogP contribution < -0.4 is 5.32 Å². The number of anilines is 1. The molecule has 4 nitrogen and oxygen atoms in total. The number of hydrogen-bond acceptors (Lipinski definition) is 3. The van der Waals surface area contributed by atoms with Gasteiger partial charge >= 0.3 is 5.97 Å². The van der Waals surface area contributed by atoms with E-state index in [1.807, 2.05) is 36.4 Å². The quantitative estimate of drug-likeness (QED) is 0.853. The Hall–Kier alpha value is -2.62. The molecule has 2 aromatic rings. The third kappa shape index (κ3) is 3.65. The SMILES string of the molecule is CCCCc1ccc(NC(=O)C2Cc3ccccc3C(=O)O2)cc1. The molecule has 1 atom stereocenters. The second kappa shape index (κ2) is 7.30. The summed E-state index contributed by atoms with van der Waals surface area (Å²) in [5.41, 5.74) is 3.37. The van der Waals surface area contributed by atoms with Crippen molar-refractivity contribution >= 4 is 17.6 Å². The maximum absolute atomic E-state index is 12.4. The van der Waals surface area contributed by atoms with Crippen LogP contribution in [0.3, 0.4) is 0 Å². The first-order chi connectivity index (χ1) is 11.7. The van der Waals surface area contributed by atoms with Crippen molar-refractivity contribution in [2.24, 2.45) is 0 Å². The second-order valence-electron chi connectivity index (χ2n) is 6.04. The van der Waals surface area contributed by atoms with E-state index in [9.17, 15) is 9.59 Å². The fourth-order valence-corrected chi connectivity index (χ4v) is 2.84. The first kappa shape index (κ1) is 16.2. The average molecular weight is 323 g/mol. The van der Waals surface area contributed by atoms with Crippen LogP contribution in [0, 0.1) is 0 Å². The first-order valence-electron chi connectivity index (χ1n) is 8.36. The van der Waals surface area contributed by atoms with E-state index in [0.29, 0.717) is 12.0 Å². The highest BCUT2D eigenvalue weighted by Crippen LogP contribution is 2.21. The number of benzene rings is 2. The number of cyclic esters (lactones) is 1. The van der Waals surface area contributed by atoms with Crippen molar-refractivity contribution in [2.75, 3.05) is 5.32 Å². The summed E-state index contributed by atoms with van der Waals surface area (Å²) in [4.78, 5) is 24.4. The highest BCUT2D eigenvalue weighted by molar-refractivity contribution is 6.00. The van der Waals surface area contributed by atoms with Crippen LogP contribution in [0.4, 0.5) is 5.69 Å². The summed E-state index contributed by atoms with van der Waals surface area (Å²) in [6.07, 6.45) is 2.98. The number of amides is 1. The highest BCUT2D eigenvalue weighted by atomic mass is 16.5. The number of esters is 1. The smallest absolute Gasteiger partial charge is 0.339 e. The molecule has 24 heavy (non-hydrogen) atoms. The molecule has 1 amide bonds. The molecular weight excluding hydrogens is 302 g/mol. The minimum absolute atomic E-state index is 0.292. The van der Waals surface area contributed by atoms with Gasteiger partial charge < -0.3 is 10.1 Å². The van der Waals surface area contributed by atoms with E-state index < -0.39 is 12.1 Å². The van der Waals surface area contributed by atoms with Crippen LogP contribution in [-0.2, 0) is 22.4 Å². The van der Waals surface area contributed by atoms with Gasteiger partial charge in [0.15, 0.2) is 6.10 Å². The summed E-state index contributed by atoms with van der Waals surface area (Å²) in [6, 6.07) is 15.1. The molecule has 1 aliphatic rings. The van der Waals surface area contributed by atoms with Crippen LogP contribution >= 0.6 is 0 Å². The van der Waals surface area contributed by atoms with Crippen molar-refractivity contribution < 1.29 is 14.3 Å². The predicted molar refractivity (Wildman–Crippen MR) is 93.0 cm³/mol. The van der Waals surface area contributed by atoms with Gasteiger partial charge in [-0.1, -0.05) is 43.7 Å². The van der Waals surface area contributed by atoms with E-state index >= 15 is 0 Å². The molecular formula is C20H21NO3. The van der Waals surface area contributed by atoms with E-state index in [0.717, 1.165) is 30.5 Å². The molecule has 1 aliphatic heterocycles. The van der Waals surface area contributed by atoms with E-state index in [2.05, 4.69) is 12.2 Å². The van der Waals surface area contributed by atoms with Crippen LogP contribution in [0.15, 0.2) is 48.5 Å². The van der Waals surface area contributed by atoms with Gasteiger partial charge in [-0.15, -0.1) is 0 Å². The Bertz CT molecular complexity index is 737. The summed E-state index contributed by atoms with van der Waals surface area (Å²) >= 11 is 0. The van der Waals surface area contributed by atoms with Gasteiger partial charge in [-0.25, -0.2) is 4.79 Å². The number of hydrogen-bond donors (Lipinski definition) is 1. The van der Waals surface area contributed by atoms with Gasteiger partial charge in [0, 0.05) is 12.1 Å². The van der Waals surface area contributed by atoms with Crippen molar-refractivity contribution in [3.63, 3.8) is 0 Å². The molecule has 1 heterocycles. The first-order valence-corrected chi connectivity index (χ1v) is 8.36. The lowest BCUT2D eigenvalue weighted by molar-refractivity contribution is -0.125. The second-order valence-corrected chi connectivity index (χ2v) is 6.04. The lowest BCUT2D eigenvalue weighted by Crippen LogP contribution is -2.37. The van der Waals surface area contributed by atoms with Crippen molar-refractivity contribution in [3.05, 3.63) is 65.2 Å². The molecule has 0 aliphatic carbocycles. The third-order valence-electron chi connectivity index (χ3n) is 4.22. The largest absolute Gasteiger partial charge is 0.448 e. The summed E-state index contributed by atoms with van der Waals surface area (Å²) < 4.78 is 5.27. The lowest BCUT2D eigenvalue weighted by atomic mass is 9.98. The Morgan fingerprint density at radius 1 is 1.17 bits per heavy atom. The summed E-state index contributed by atoms with van der Waals surface area (Å²) in [7, 11) is 0. The molecule has 0 saturated carbocycles. The normalized spacial score (nSPS) is 16.2. The number of ether oxygens (including phenoxy) is 1. The zero-order valence-corrected chi connectivity index (χ0v) is 13.7. The zero-order valence-electron chi connectivity index (χ0n) is 13.7. The molecule has 0 fully saturated rings. The predicted octanol–water partition coefficient (Wildman–Crippen LogP) is 3.75. The van der Waals surface area contributed by atoms with Crippen LogP contribution in [-0.4, -0.2) is 18.0 Å². The molecule has 1 unspecified atom stereocenters. The Morgan fingerprint density at radius 3 is 2.67 bits per heavy atom. The van der Waals surface area contributed by atoms with E-state index in [1.165, 1.54) is 5.56 Å². The van der Waals surface area contributed by atoms with Crippen molar-refractivity contribution in [2.45, 2.75) is 38.7 Å². The van der Waals surface area contributed by atoms with Gasteiger partial charge in [0.25, 0.3) is 5.91 Å². The lowest BCUT2D eigenvalue weighted by Gasteiger charge is -2.23. The maximum atomic E-state index is 12.4. The van der Waals surface area contributed by atoms with Gasteiger partial charge in [0.1, 0.15) is 0 Å². The van der Waals surface area contributed by atoms with Gasteiger partial charge in [-0.2, -0.15) is 0 Å². The molecule has 0 radical (unpaired) electrons. The minimum Gasteiger partial charge on any atom is -0.448 e. The molecule has 4 heteroatoms. The fourth-order valence-electron chi connectivity index (χ4n) is 2.84. The van der Waals surface area contributed by atoms with Gasteiger partial charge in [-0.05, 0) is 42.2 Å².